The number of carbonyl (C=O) groups is 1. The average molecular weight is 194 g/mol. The van der Waals surface area contributed by atoms with E-state index in [0.29, 0.717) is 6.61 Å². The Morgan fingerprint density at radius 3 is 2.93 bits per heavy atom. The zero-order valence-corrected chi connectivity index (χ0v) is 8.84. The molecule has 2 aliphatic carbocycles. The lowest BCUT2D eigenvalue weighted by atomic mass is 9.99. The third kappa shape index (κ3) is 1.84. The van der Waals surface area contributed by atoms with Gasteiger partial charge in [0.15, 0.2) is 0 Å². The number of esters is 1. The molecule has 14 heavy (non-hydrogen) atoms. The molecule has 2 rings (SSSR count). The molecular formula is C12H18O2. The fourth-order valence-electron chi connectivity index (χ4n) is 2.44. The molecular weight excluding hydrogens is 176 g/mol. The van der Waals surface area contributed by atoms with Crippen molar-refractivity contribution in [3.63, 3.8) is 0 Å². The molecule has 0 heterocycles. The van der Waals surface area contributed by atoms with Gasteiger partial charge in [-0.05, 0) is 38.0 Å². The second-order valence-electron chi connectivity index (χ2n) is 4.38. The Morgan fingerprint density at radius 1 is 1.50 bits per heavy atom. The molecule has 1 saturated carbocycles. The monoisotopic (exact) mass is 194 g/mol. The minimum Gasteiger partial charge on any atom is -0.462 e. The summed E-state index contributed by atoms with van der Waals surface area (Å²) in [5.74, 6) is 0.731. The number of unbranched alkanes of at least 4 members (excludes halogenated alkanes) is 1. The van der Waals surface area contributed by atoms with Crippen LogP contribution in [0.5, 0.6) is 0 Å². The van der Waals surface area contributed by atoms with Gasteiger partial charge in [0, 0.05) is 5.57 Å². The van der Waals surface area contributed by atoms with E-state index in [2.05, 4.69) is 6.92 Å². The summed E-state index contributed by atoms with van der Waals surface area (Å²) in [6, 6.07) is 0. The molecule has 0 aromatic heterocycles. The van der Waals surface area contributed by atoms with Crippen LogP contribution in [-0.4, -0.2) is 12.6 Å². The van der Waals surface area contributed by atoms with Gasteiger partial charge in [-0.1, -0.05) is 18.9 Å². The van der Waals surface area contributed by atoms with Crippen molar-refractivity contribution in [1.29, 1.82) is 0 Å². The molecule has 2 aliphatic rings. The second kappa shape index (κ2) is 4.16. The second-order valence-corrected chi connectivity index (χ2v) is 4.38. The first-order valence-corrected chi connectivity index (χ1v) is 5.69. The van der Waals surface area contributed by atoms with Crippen molar-refractivity contribution in [2.24, 2.45) is 5.92 Å². The normalized spacial score (nSPS) is 24.5. The van der Waals surface area contributed by atoms with E-state index < -0.39 is 0 Å². The Bertz CT molecular complexity index is 265. The molecule has 0 radical (unpaired) electrons. The van der Waals surface area contributed by atoms with E-state index in [-0.39, 0.29) is 5.97 Å². The van der Waals surface area contributed by atoms with Crippen molar-refractivity contribution >= 4 is 5.97 Å². The van der Waals surface area contributed by atoms with Gasteiger partial charge in [0.2, 0.25) is 0 Å². The topological polar surface area (TPSA) is 26.3 Å². The first-order valence-electron chi connectivity index (χ1n) is 5.69. The first-order chi connectivity index (χ1) is 6.81. The Hall–Kier alpha value is -0.790. The van der Waals surface area contributed by atoms with Crippen molar-refractivity contribution in [3.05, 3.63) is 11.1 Å². The predicted octanol–water partition coefficient (Wildman–Crippen LogP) is 2.83. The zero-order chi connectivity index (χ0) is 9.97. The number of carbonyl (C=O) groups excluding carboxylic acids is 1. The third-order valence-corrected chi connectivity index (χ3v) is 3.29. The highest BCUT2D eigenvalue weighted by atomic mass is 16.5. The van der Waals surface area contributed by atoms with Gasteiger partial charge in [-0.15, -0.1) is 0 Å². The molecule has 78 valence electrons. The van der Waals surface area contributed by atoms with Crippen LogP contribution in [-0.2, 0) is 9.53 Å². The lowest BCUT2D eigenvalue weighted by Crippen LogP contribution is -2.11. The molecule has 0 amide bonds. The summed E-state index contributed by atoms with van der Waals surface area (Å²) in [5.41, 5.74) is 2.40. The van der Waals surface area contributed by atoms with Crippen LogP contribution < -0.4 is 0 Å². The van der Waals surface area contributed by atoms with Gasteiger partial charge in [-0.25, -0.2) is 4.79 Å². The molecule has 2 bridgehead atoms. The summed E-state index contributed by atoms with van der Waals surface area (Å²) in [5, 5.41) is 0. The van der Waals surface area contributed by atoms with Crippen LogP contribution >= 0.6 is 0 Å². The van der Waals surface area contributed by atoms with E-state index in [9.17, 15) is 4.79 Å². The fourth-order valence-corrected chi connectivity index (χ4v) is 2.44. The molecule has 0 N–H and O–H groups in total. The molecule has 0 aromatic carbocycles. The number of allylic oxidation sites excluding steroid dienone is 1. The van der Waals surface area contributed by atoms with Gasteiger partial charge in [0.1, 0.15) is 0 Å². The summed E-state index contributed by atoms with van der Waals surface area (Å²) in [6.07, 6.45) is 6.65. The molecule has 2 nitrogen and oxygen atoms in total. The highest BCUT2D eigenvalue weighted by Gasteiger charge is 2.33. The van der Waals surface area contributed by atoms with E-state index in [4.69, 9.17) is 4.74 Å². The van der Waals surface area contributed by atoms with E-state index in [1.807, 2.05) is 0 Å². The van der Waals surface area contributed by atoms with Crippen molar-refractivity contribution < 1.29 is 9.53 Å². The molecule has 0 spiro atoms. The maximum atomic E-state index is 11.6. The molecule has 0 saturated heterocycles. The smallest absolute Gasteiger partial charge is 0.333 e. The van der Waals surface area contributed by atoms with Crippen molar-refractivity contribution in [3.8, 4) is 0 Å². The summed E-state index contributed by atoms with van der Waals surface area (Å²) < 4.78 is 5.22. The summed E-state index contributed by atoms with van der Waals surface area (Å²) in [6.45, 7) is 2.70. The lowest BCUT2D eigenvalue weighted by Gasteiger charge is -2.11. The minimum absolute atomic E-state index is 0.0318. The number of rotatable bonds is 4. The fraction of sp³-hybridized carbons (Fsp3) is 0.750. The largest absolute Gasteiger partial charge is 0.462 e. The third-order valence-electron chi connectivity index (χ3n) is 3.29. The molecule has 0 aromatic rings. The van der Waals surface area contributed by atoms with Gasteiger partial charge in [0.05, 0.1) is 6.61 Å². The standard InChI is InChI=1S/C12H18O2/c1-2-3-6-14-12(13)11-8-9-4-5-10(11)7-9/h9H,2-8H2,1H3. The van der Waals surface area contributed by atoms with Crippen molar-refractivity contribution in [2.75, 3.05) is 6.61 Å². The summed E-state index contributed by atoms with van der Waals surface area (Å²) in [7, 11) is 0. The molecule has 0 aliphatic heterocycles. The Balaban J connectivity index is 1.86. The number of hydrogen-bond acceptors (Lipinski definition) is 2. The van der Waals surface area contributed by atoms with Crippen LogP contribution in [0.4, 0.5) is 0 Å². The van der Waals surface area contributed by atoms with E-state index in [1.165, 1.54) is 12.0 Å². The quantitative estimate of drug-likeness (QED) is 0.508. The van der Waals surface area contributed by atoms with E-state index in [0.717, 1.165) is 43.6 Å². The highest BCUT2D eigenvalue weighted by Crippen LogP contribution is 2.44. The van der Waals surface area contributed by atoms with Gasteiger partial charge in [-0.3, -0.25) is 0 Å². The first kappa shape index (κ1) is 9.75. The summed E-state index contributed by atoms with van der Waals surface area (Å²) in [4.78, 5) is 11.6. The predicted molar refractivity (Wildman–Crippen MR) is 54.9 cm³/mol. The van der Waals surface area contributed by atoms with Gasteiger partial charge >= 0.3 is 5.97 Å². The van der Waals surface area contributed by atoms with Gasteiger partial charge in [-0.2, -0.15) is 0 Å². The zero-order valence-electron chi connectivity index (χ0n) is 8.84. The molecule has 1 unspecified atom stereocenters. The van der Waals surface area contributed by atoms with Crippen LogP contribution in [0.25, 0.3) is 0 Å². The molecule has 1 atom stereocenters. The van der Waals surface area contributed by atoms with Crippen molar-refractivity contribution in [1.82, 2.24) is 0 Å². The van der Waals surface area contributed by atoms with E-state index in [1.54, 1.807) is 0 Å². The summed E-state index contributed by atoms with van der Waals surface area (Å²) >= 11 is 0. The minimum atomic E-state index is -0.0318. The van der Waals surface area contributed by atoms with Crippen LogP contribution in [0.2, 0.25) is 0 Å². The van der Waals surface area contributed by atoms with Gasteiger partial charge in [0.25, 0.3) is 0 Å². The Labute approximate surface area is 85.3 Å². The van der Waals surface area contributed by atoms with Crippen LogP contribution in [0.3, 0.4) is 0 Å². The van der Waals surface area contributed by atoms with Crippen LogP contribution in [0.1, 0.15) is 45.4 Å². The SMILES string of the molecule is CCCCOC(=O)C1=C2CCC(C2)C1. The number of hydrogen-bond donors (Lipinski definition) is 0. The highest BCUT2D eigenvalue weighted by molar-refractivity contribution is 5.90. The van der Waals surface area contributed by atoms with Crippen molar-refractivity contribution in [2.45, 2.75) is 45.4 Å². The van der Waals surface area contributed by atoms with E-state index >= 15 is 0 Å². The molecule has 2 heteroatoms. The Morgan fingerprint density at radius 2 is 2.36 bits per heavy atom. The average Bonchev–Trinajstić information content (AvgIpc) is 2.79. The van der Waals surface area contributed by atoms with Crippen LogP contribution in [0, 0.1) is 5.92 Å². The Kier molecular flexibility index (Phi) is 2.90. The van der Waals surface area contributed by atoms with Crippen LogP contribution in [0.15, 0.2) is 11.1 Å². The number of ether oxygens (including phenoxy) is 1. The maximum Gasteiger partial charge on any atom is 0.333 e. The maximum absolute atomic E-state index is 11.6. The number of fused-ring (bicyclic) bond motifs is 2. The molecule has 1 fully saturated rings. The van der Waals surface area contributed by atoms with Gasteiger partial charge < -0.3 is 4.74 Å². The lowest BCUT2D eigenvalue weighted by molar-refractivity contribution is -0.139.